The summed E-state index contributed by atoms with van der Waals surface area (Å²) in [5, 5.41) is 5.35. The Balaban J connectivity index is 1.65. The zero-order valence-corrected chi connectivity index (χ0v) is 14.8. The Hall–Kier alpha value is -2.22. The Bertz CT molecular complexity index is 936. The number of hydrogen-bond acceptors (Lipinski definition) is 6. The van der Waals surface area contributed by atoms with Crippen molar-refractivity contribution in [3.05, 3.63) is 57.5 Å². The second-order valence-electron chi connectivity index (χ2n) is 6.08. The fourth-order valence-corrected chi connectivity index (χ4v) is 4.10. The van der Waals surface area contributed by atoms with E-state index in [1.165, 1.54) is 11.3 Å². The van der Waals surface area contributed by atoms with E-state index in [0.717, 1.165) is 36.5 Å². The van der Waals surface area contributed by atoms with Gasteiger partial charge in [0, 0.05) is 25.2 Å². The molecular weight excluding hydrogens is 336 g/mol. The molecule has 1 aromatic carbocycles. The smallest absolute Gasteiger partial charge is 0.268 e. The van der Waals surface area contributed by atoms with Crippen LogP contribution in [0.2, 0.25) is 0 Å². The summed E-state index contributed by atoms with van der Waals surface area (Å²) in [7, 11) is 1.70. The summed E-state index contributed by atoms with van der Waals surface area (Å²) >= 11 is 1.42. The minimum Gasteiger partial charge on any atom is -0.496 e. The van der Waals surface area contributed by atoms with E-state index in [1.54, 1.807) is 7.11 Å². The molecule has 1 fully saturated rings. The molecule has 1 aliphatic rings. The molecule has 0 radical (unpaired) electrons. The molecule has 4 rings (SSSR count). The first-order valence-electron chi connectivity index (χ1n) is 8.30. The number of ether oxygens (including phenoxy) is 1. The molecule has 0 aliphatic carbocycles. The highest BCUT2D eigenvalue weighted by molar-refractivity contribution is 7.17. The average molecular weight is 356 g/mol. The molecule has 2 aromatic heterocycles. The molecule has 2 N–H and O–H groups in total. The van der Waals surface area contributed by atoms with Gasteiger partial charge in [0.2, 0.25) is 0 Å². The van der Waals surface area contributed by atoms with Crippen molar-refractivity contribution in [3.8, 4) is 5.75 Å². The fourth-order valence-electron chi connectivity index (χ4n) is 3.37. The van der Waals surface area contributed by atoms with Crippen molar-refractivity contribution in [2.45, 2.75) is 12.6 Å². The Morgan fingerprint density at radius 3 is 3.12 bits per heavy atom. The number of nitrogens with one attached hydrogen (secondary N) is 2. The van der Waals surface area contributed by atoms with E-state index >= 15 is 0 Å². The number of nitrogens with zero attached hydrogens (tertiary/aromatic N) is 2. The average Bonchev–Trinajstić information content (AvgIpc) is 3.11. The van der Waals surface area contributed by atoms with Crippen molar-refractivity contribution in [2.24, 2.45) is 0 Å². The summed E-state index contributed by atoms with van der Waals surface area (Å²) < 4.78 is 6.22. The fraction of sp³-hybridized carbons (Fsp3) is 0.333. The Kier molecular flexibility index (Phi) is 4.52. The van der Waals surface area contributed by atoms with Gasteiger partial charge in [-0.25, -0.2) is 4.98 Å². The lowest BCUT2D eigenvalue weighted by Gasteiger charge is -2.36. The van der Waals surface area contributed by atoms with Crippen LogP contribution in [0.5, 0.6) is 5.75 Å². The van der Waals surface area contributed by atoms with E-state index in [2.05, 4.69) is 26.3 Å². The van der Waals surface area contributed by atoms with Crippen LogP contribution in [0.1, 0.15) is 17.4 Å². The molecule has 3 heterocycles. The molecule has 1 unspecified atom stereocenters. The highest BCUT2D eigenvalue weighted by Gasteiger charge is 2.26. The Morgan fingerprint density at radius 1 is 1.36 bits per heavy atom. The Morgan fingerprint density at radius 2 is 2.24 bits per heavy atom. The predicted octanol–water partition coefficient (Wildman–Crippen LogP) is 2.14. The molecule has 0 bridgehead atoms. The third-order valence-corrected chi connectivity index (χ3v) is 5.47. The van der Waals surface area contributed by atoms with Gasteiger partial charge in [-0.2, -0.15) is 0 Å². The summed E-state index contributed by atoms with van der Waals surface area (Å²) in [5.74, 6) is 1.59. The van der Waals surface area contributed by atoms with Crippen molar-refractivity contribution in [1.82, 2.24) is 20.2 Å². The number of H-pyrrole nitrogens is 1. The minimum absolute atomic E-state index is 0.0565. The third-order valence-electron chi connectivity index (χ3n) is 4.57. The van der Waals surface area contributed by atoms with E-state index in [1.807, 2.05) is 29.6 Å². The first-order chi connectivity index (χ1) is 12.3. The van der Waals surface area contributed by atoms with E-state index in [0.29, 0.717) is 17.1 Å². The summed E-state index contributed by atoms with van der Waals surface area (Å²) in [6.07, 6.45) is 0. The molecule has 1 aliphatic heterocycles. The molecule has 1 atom stereocenters. The largest absolute Gasteiger partial charge is 0.496 e. The number of aromatic nitrogens is 2. The van der Waals surface area contributed by atoms with Gasteiger partial charge in [0.1, 0.15) is 16.3 Å². The number of para-hydroxylation sites is 1. The molecule has 1 saturated heterocycles. The van der Waals surface area contributed by atoms with Gasteiger partial charge >= 0.3 is 0 Å². The lowest BCUT2D eigenvalue weighted by Crippen LogP contribution is -2.46. The van der Waals surface area contributed by atoms with Gasteiger partial charge in [-0.1, -0.05) is 18.2 Å². The quantitative estimate of drug-likeness (QED) is 0.749. The molecular formula is C18H20N4O2S. The predicted molar refractivity (Wildman–Crippen MR) is 99.3 cm³/mol. The number of fused-ring (bicyclic) bond motifs is 1. The van der Waals surface area contributed by atoms with Gasteiger partial charge in [0.15, 0.2) is 0 Å². The topological polar surface area (TPSA) is 70.2 Å². The van der Waals surface area contributed by atoms with Crippen LogP contribution in [0.4, 0.5) is 0 Å². The molecule has 0 amide bonds. The van der Waals surface area contributed by atoms with Crippen molar-refractivity contribution < 1.29 is 4.74 Å². The summed E-state index contributed by atoms with van der Waals surface area (Å²) in [6.45, 7) is 3.24. The number of aromatic amines is 1. The number of piperazine rings is 1. The van der Waals surface area contributed by atoms with E-state index in [-0.39, 0.29) is 11.6 Å². The van der Waals surface area contributed by atoms with Crippen LogP contribution in [0, 0.1) is 0 Å². The lowest BCUT2D eigenvalue weighted by atomic mass is 10.0. The first-order valence-corrected chi connectivity index (χ1v) is 9.18. The zero-order chi connectivity index (χ0) is 17.2. The van der Waals surface area contributed by atoms with Gasteiger partial charge in [0.25, 0.3) is 5.56 Å². The lowest BCUT2D eigenvalue weighted by molar-refractivity contribution is 0.147. The van der Waals surface area contributed by atoms with E-state index < -0.39 is 0 Å². The second kappa shape index (κ2) is 6.95. The van der Waals surface area contributed by atoms with Crippen LogP contribution >= 0.6 is 11.3 Å². The van der Waals surface area contributed by atoms with Crippen LogP contribution in [0.3, 0.4) is 0 Å². The van der Waals surface area contributed by atoms with Crippen molar-refractivity contribution >= 4 is 21.6 Å². The monoisotopic (exact) mass is 356 g/mol. The van der Waals surface area contributed by atoms with Gasteiger partial charge in [0.05, 0.1) is 25.2 Å². The van der Waals surface area contributed by atoms with Crippen LogP contribution in [0.25, 0.3) is 10.2 Å². The summed E-state index contributed by atoms with van der Waals surface area (Å²) in [4.78, 5) is 22.1. The van der Waals surface area contributed by atoms with Gasteiger partial charge in [-0.15, -0.1) is 11.3 Å². The molecule has 3 aromatic rings. The van der Waals surface area contributed by atoms with Crippen LogP contribution < -0.4 is 15.6 Å². The highest BCUT2D eigenvalue weighted by atomic mass is 32.1. The summed E-state index contributed by atoms with van der Waals surface area (Å²) in [5.41, 5.74) is 1.86. The number of thiophene rings is 1. The molecule has 25 heavy (non-hydrogen) atoms. The number of methoxy groups -OCH3 is 1. The maximum absolute atomic E-state index is 12.2. The maximum atomic E-state index is 12.2. The van der Waals surface area contributed by atoms with Gasteiger partial charge in [-0.05, 0) is 17.5 Å². The van der Waals surface area contributed by atoms with Crippen molar-refractivity contribution in [3.63, 3.8) is 0 Å². The third kappa shape index (κ3) is 3.18. The molecule has 6 nitrogen and oxygen atoms in total. The van der Waals surface area contributed by atoms with Gasteiger partial charge in [-0.3, -0.25) is 9.69 Å². The summed E-state index contributed by atoms with van der Waals surface area (Å²) in [6, 6.07) is 10.2. The molecule has 130 valence electrons. The van der Waals surface area contributed by atoms with E-state index in [9.17, 15) is 4.79 Å². The van der Waals surface area contributed by atoms with Crippen LogP contribution in [-0.2, 0) is 6.54 Å². The number of benzene rings is 1. The SMILES string of the molecule is COc1ccccc1C1CNCCN1Cc1nc2ccsc2c(=O)[nH]1. The van der Waals surface area contributed by atoms with Crippen molar-refractivity contribution in [1.29, 1.82) is 0 Å². The maximum Gasteiger partial charge on any atom is 0.268 e. The number of rotatable bonds is 4. The molecule has 7 heteroatoms. The molecule has 0 spiro atoms. The van der Waals surface area contributed by atoms with Gasteiger partial charge < -0.3 is 15.0 Å². The van der Waals surface area contributed by atoms with Crippen LogP contribution in [-0.4, -0.2) is 41.6 Å². The minimum atomic E-state index is -0.0565. The van der Waals surface area contributed by atoms with E-state index in [4.69, 9.17) is 4.74 Å². The zero-order valence-electron chi connectivity index (χ0n) is 14.0. The van der Waals surface area contributed by atoms with Crippen molar-refractivity contribution in [2.75, 3.05) is 26.7 Å². The second-order valence-corrected chi connectivity index (χ2v) is 7.00. The highest BCUT2D eigenvalue weighted by Crippen LogP contribution is 2.30. The molecule has 0 saturated carbocycles. The first kappa shape index (κ1) is 16.3. The standard InChI is InChI=1S/C18H20N4O2S/c1-24-15-5-3-2-4-12(15)14-10-19-7-8-22(14)11-16-20-13-6-9-25-17(13)18(23)21-16/h2-6,9,14,19H,7-8,10-11H2,1H3,(H,20,21,23). The van der Waals surface area contributed by atoms with Crippen LogP contribution in [0.15, 0.2) is 40.5 Å². The Labute approximate surface area is 149 Å². The number of hydrogen-bond donors (Lipinski definition) is 2. The normalized spacial score (nSPS) is 18.5.